The van der Waals surface area contributed by atoms with E-state index in [-0.39, 0.29) is 29.8 Å². The van der Waals surface area contributed by atoms with Gasteiger partial charge in [-0.3, -0.25) is 15.0 Å². The number of likely N-dealkylation sites (N-methyl/N-ethyl adjacent to an activating group) is 1. The van der Waals surface area contributed by atoms with Gasteiger partial charge < -0.3 is 20.3 Å². The molecule has 0 unspecified atom stereocenters. The van der Waals surface area contributed by atoms with Crippen LogP contribution >= 0.6 is 24.0 Å². The van der Waals surface area contributed by atoms with Gasteiger partial charge in [0, 0.05) is 37.7 Å². The van der Waals surface area contributed by atoms with Crippen LogP contribution in [0.4, 0.5) is 16.3 Å². The van der Waals surface area contributed by atoms with Crippen molar-refractivity contribution < 1.29 is 14.3 Å². The minimum atomic E-state index is -0.572. The Morgan fingerprint density at radius 2 is 1.91 bits per heavy atom. The van der Waals surface area contributed by atoms with Gasteiger partial charge in [0.05, 0.1) is 31.7 Å². The summed E-state index contributed by atoms with van der Waals surface area (Å²) in [7, 11) is 3.56. The normalized spacial score (nSPS) is 13.8. The molecule has 1 saturated heterocycles. The third-order valence-electron chi connectivity index (χ3n) is 5.30. The van der Waals surface area contributed by atoms with Crippen LogP contribution < -0.4 is 20.7 Å². The average molecular weight is 523 g/mol. The molecule has 0 spiro atoms. The number of aromatic nitrogens is 2. The summed E-state index contributed by atoms with van der Waals surface area (Å²) in [4.78, 5) is 36.7. The maximum absolute atomic E-state index is 12.3. The number of anilines is 2. The smallest absolute Gasteiger partial charge is 0.325 e. The highest BCUT2D eigenvalue weighted by Gasteiger charge is 2.17. The zero-order valence-electron chi connectivity index (χ0n) is 19.5. The van der Waals surface area contributed by atoms with Gasteiger partial charge in [-0.05, 0) is 31.2 Å². The highest BCUT2D eigenvalue weighted by atomic mass is 35.5. The molecule has 11 nitrogen and oxygen atoms in total. The fraction of sp³-hybridized carbons (Fsp3) is 0.409. The Labute approximate surface area is 215 Å². The van der Waals surface area contributed by atoms with Gasteiger partial charge in [-0.25, -0.2) is 14.8 Å². The maximum Gasteiger partial charge on any atom is 0.325 e. The number of halogens is 2. The van der Waals surface area contributed by atoms with Crippen molar-refractivity contribution in [2.75, 3.05) is 64.1 Å². The number of carbonyl (C=O) groups is 2. The SMILES string of the molecule is COc1cc(CCNC(=O)CN2CCN(C)CC2)c(Cl)cc1NC(=O)Nc1cnc(C#N)cn1.Cl. The van der Waals surface area contributed by atoms with Gasteiger partial charge in [0.15, 0.2) is 11.5 Å². The monoisotopic (exact) mass is 522 g/mol. The predicted molar refractivity (Wildman–Crippen MR) is 135 cm³/mol. The van der Waals surface area contributed by atoms with E-state index in [1.54, 1.807) is 12.1 Å². The number of nitrogens with one attached hydrogen (secondary N) is 3. The lowest BCUT2D eigenvalue weighted by atomic mass is 10.1. The Hall–Kier alpha value is -3.17. The van der Waals surface area contributed by atoms with E-state index in [4.69, 9.17) is 21.6 Å². The first-order chi connectivity index (χ1) is 16.4. The molecule has 0 saturated carbocycles. The molecule has 188 valence electrons. The average Bonchev–Trinajstić information content (AvgIpc) is 2.82. The summed E-state index contributed by atoms with van der Waals surface area (Å²) in [5, 5.41) is 17.3. The lowest BCUT2D eigenvalue weighted by Gasteiger charge is -2.31. The quantitative estimate of drug-likeness (QED) is 0.478. The molecule has 3 rings (SSSR count). The number of nitrogens with zero attached hydrogens (tertiary/aromatic N) is 5. The van der Waals surface area contributed by atoms with Gasteiger partial charge >= 0.3 is 6.03 Å². The van der Waals surface area contributed by atoms with Crippen LogP contribution in [-0.4, -0.2) is 85.1 Å². The van der Waals surface area contributed by atoms with Crippen molar-refractivity contribution in [2.24, 2.45) is 0 Å². The van der Waals surface area contributed by atoms with Gasteiger partial charge in [0.25, 0.3) is 0 Å². The molecule has 35 heavy (non-hydrogen) atoms. The number of urea groups is 1. The molecule has 1 fully saturated rings. The zero-order valence-corrected chi connectivity index (χ0v) is 21.1. The molecule has 13 heteroatoms. The number of benzene rings is 1. The minimum absolute atomic E-state index is 0. The van der Waals surface area contributed by atoms with E-state index < -0.39 is 6.03 Å². The van der Waals surface area contributed by atoms with Crippen molar-refractivity contribution in [2.45, 2.75) is 6.42 Å². The minimum Gasteiger partial charge on any atom is -0.495 e. The summed E-state index contributed by atoms with van der Waals surface area (Å²) in [6.45, 7) is 4.50. The second-order valence-electron chi connectivity index (χ2n) is 7.80. The lowest BCUT2D eigenvalue weighted by Crippen LogP contribution is -2.48. The van der Waals surface area contributed by atoms with E-state index in [2.05, 4.69) is 42.8 Å². The molecule has 3 amide bonds. The van der Waals surface area contributed by atoms with Gasteiger partial charge in [0.1, 0.15) is 11.8 Å². The summed E-state index contributed by atoms with van der Waals surface area (Å²) >= 11 is 6.41. The van der Waals surface area contributed by atoms with E-state index in [0.717, 1.165) is 31.7 Å². The Morgan fingerprint density at radius 3 is 2.54 bits per heavy atom. The molecule has 1 aromatic carbocycles. The largest absolute Gasteiger partial charge is 0.495 e. The lowest BCUT2D eigenvalue weighted by molar-refractivity contribution is -0.122. The van der Waals surface area contributed by atoms with Crippen molar-refractivity contribution in [3.8, 4) is 11.8 Å². The standard InChI is InChI=1S/C22H27ClN8O3.ClH/c1-30-5-7-31(8-6-30)14-21(32)25-4-3-15-9-19(34-2)18(10-17(15)23)28-22(33)29-20-13-26-16(11-24)12-27-20;/h9-10,12-13H,3-8,14H2,1-2H3,(H,25,32)(H2,27,28,29,33);1H. The van der Waals surface area contributed by atoms with Crippen molar-refractivity contribution in [3.05, 3.63) is 40.8 Å². The van der Waals surface area contributed by atoms with Crippen LogP contribution in [0.1, 0.15) is 11.3 Å². The van der Waals surface area contributed by atoms with Crippen molar-refractivity contribution in [3.63, 3.8) is 0 Å². The van der Waals surface area contributed by atoms with Crippen molar-refractivity contribution >= 4 is 47.5 Å². The van der Waals surface area contributed by atoms with Crippen LogP contribution in [0.15, 0.2) is 24.5 Å². The first-order valence-electron chi connectivity index (χ1n) is 10.7. The van der Waals surface area contributed by atoms with Crippen LogP contribution in [0.25, 0.3) is 0 Å². The van der Waals surface area contributed by atoms with Gasteiger partial charge in [-0.15, -0.1) is 12.4 Å². The number of hydrogen-bond acceptors (Lipinski definition) is 8. The Kier molecular flexibility index (Phi) is 10.9. The Morgan fingerprint density at radius 1 is 1.17 bits per heavy atom. The summed E-state index contributed by atoms with van der Waals surface area (Å²) in [6, 6.07) is 4.60. The van der Waals surface area contributed by atoms with E-state index in [0.29, 0.717) is 36.0 Å². The molecule has 2 aromatic rings. The number of rotatable bonds is 8. The Balaban J connectivity index is 0.00000432. The van der Waals surface area contributed by atoms with E-state index in [1.165, 1.54) is 19.5 Å². The first-order valence-corrected chi connectivity index (χ1v) is 11.1. The highest BCUT2D eigenvalue weighted by Crippen LogP contribution is 2.31. The molecule has 0 aliphatic carbocycles. The number of ether oxygens (including phenoxy) is 1. The van der Waals surface area contributed by atoms with Crippen LogP contribution in [-0.2, 0) is 11.2 Å². The second kappa shape index (κ2) is 13.7. The molecular weight excluding hydrogens is 495 g/mol. The van der Waals surface area contributed by atoms with Crippen LogP contribution in [0.5, 0.6) is 5.75 Å². The van der Waals surface area contributed by atoms with Crippen LogP contribution in [0.3, 0.4) is 0 Å². The van der Waals surface area contributed by atoms with Crippen LogP contribution in [0.2, 0.25) is 5.02 Å². The zero-order chi connectivity index (χ0) is 24.5. The molecule has 0 bridgehead atoms. The molecular formula is C22H28Cl2N8O3. The summed E-state index contributed by atoms with van der Waals surface area (Å²) in [5.74, 6) is 0.586. The van der Waals surface area contributed by atoms with Crippen molar-refractivity contribution in [1.82, 2.24) is 25.1 Å². The molecule has 1 aromatic heterocycles. The molecule has 1 aliphatic rings. The third-order valence-corrected chi connectivity index (χ3v) is 5.66. The maximum atomic E-state index is 12.3. The van der Waals surface area contributed by atoms with E-state index in [9.17, 15) is 9.59 Å². The highest BCUT2D eigenvalue weighted by molar-refractivity contribution is 6.31. The fourth-order valence-corrected chi connectivity index (χ4v) is 3.63. The number of piperazine rings is 1. The molecule has 0 atom stereocenters. The third kappa shape index (κ3) is 8.52. The molecule has 3 N–H and O–H groups in total. The number of nitriles is 1. The fourth-order valence-electron chi connectivity index (χ4n) is 3.38. The van der Waals surface area contributed by atoms with Crippen LogP contribution in [0, 0.1) is 11.3 Å². The number of methoxy groups -OCH3 is 1. The van der Waals surface area contributed by atoms with Gasteiger partial charge in [0.2, 0.25) is 5.91 Å². The summed E-state index contributed by atoms with van der Waals surface area (Å²) in [5.41, 5.74) is 1.29. The van der Waals surface area contributed by atoms with Gasteiger partial charge in [-0.1, -0.05) is 11.6 Å². The summed E-state index contributed by atoms with van der Waals surface area (Å²) in [6.07, 6.45) is 3.05. The Bertz CT molecular complexity index is 1050. The van der Waals surface area contributed by atoms with E-state index in [1.807, 2.05) is 6.07 Å². The molecule has 1 aliphatic heterocycles. The van der Waals surface area contributed by atoms with E-state index >= 15 is 0 Å². The topological polar surface area (TPSA) is 136 Å². The number of amides is 3. The number of carbonyl (C=O) groups excluding carboxylic acids is 2. The first kappa shape index (κ1) is 28.1. The molecule has 2 heterocycles. The van der Waals surface area contributed by atoms with Crippen molar-refractivity contribution in [1.29, 1.82) is 5.26 Å². The second-order valence-corrected chi connectivity index (χ2v) is 8.21. The van der Waals surface area contributed by atoms with Gasteiger partial charge in [-0.2, -0.15) is 5.26 Å². The molecule has 0 radical (unpaired) electrons. The number of hydrogen-bond donors (Lipinski definition) is 3. The predicted octanol–water partition coefficient (Wildman–Crippen LogP) is 1.98. The summed E-state index contributed by atoms with van der Waals surface area (Å²) < 4.78 is 5.40.